The number of carbonyl (C=O) groups excluding carboxylic acids is 1. The van der Waals surface area contributed by atoms with E-state index in [1.165, 1.54) is 22.4 Å². The number of benzene rings is 3. The number of carbonyl (C=O) groups is 1. The van der Waals surface area contributed by atoms with Crippen molar-refractivity contribution in [2.24, 2.45) is 0 Å². The second-order valence-electron chi connectivity index (χ2n) is 10.3. The Kier molecular flexibility index (Phi) is 7.34. The molecule has 2 bridgehead atoms. The number of rotatable bonds is 5. The molecule has 6 nitrogen and oxygen atoms in total. The van der Waals surface area contributed by atoms with E-state index in [2.05, 4.69) is 93.6 Å². The summed E-state index contributed by atoms with van der Waals surface area (Å²) in [5.74, 6) is -0.377. The van der Waals surface area contributed by atoms with Crippen molar-refractivity contribution in [1.82, 2.24) is 4.48 Å². The Morgan fingerprint density at radius 1 is 0.811 bits per heavy atom. The Bertz CT molecular complexity index is 1170. The van der Waals surface area contributed by atoms with E-state index in [1.807, 2.05) is 0 Å². The molecule has 3 aromatic carbocycles. The third kappa shape index (κ3) is 5.56. The van der Waals surface area contributed by atoms with E-state index >= 15 is 0 Å². The Hall–Kier alpha value is -2.81. The second-order valence-corrected chi connectivity index (χ2v) is 12.2. The number of fused-ring (bicyclic) bond motifs is 6. The van der Waals surface area contributed by atoms with Gasteiger partial charge in [-0.25, -0.2) is 0 Å². The predicted octanol–water partition coefficient (Wildman–Crippen LogP) is 5.87. The summed E-state index contributed by atoms with van der Waals surface area (Å²) in [6, 6.07) is 25.4. The molecule has 0 radical (unpaired) electrons. The van der Waals surface area contributed by atoms with Crippen molar-refractivity contribution in [3.8, 4) is 0 Å². The van der Waals surface area contributed by atoms with Gasteiger partial charge >= 0.3 is 9.05 Å². The molecule has 0 aromatic heterocycles. The van der Waals surface area contributed by atoms with E-state index in [-0.39, 0.29) is 24.6 Å². The van der Waals surface area contributed by atoms with Crippen LogP contribution in [0.4, 0.5) is 5.69 Å². The van der Waals surface area contributed by atoms with Gasteiger partial charge in [-0.1, -0.05) is 84.3 Å². The first kappa shape index (κ1) is 25.8. The van der Waals surface area contributed by atoms with E-state index in [9.17, 15) is 4.79 Å². The molecular formula is C30H36NO5Si+. The number of quaternary nitrogens is 1. The van der Waals surface area contributed by atoms with Crippen molar-refractivity contribution >= 4 is 20.7 Å². The summed E-state index contributed by atoms with van der Waals surface area (Å²) in [4.78, 5) is 12.6. The quantitative estimate of drug-likeness (QED) is 0.312. The maximum atomic E-state index is 12.6. The van der Waals surface area contributed by atoms with Crippen LogP contribution in [0.3, 0.4) is 0 Å². The molecule has 194 valence electrons. The maximum Gasteiger partial charge on any atom is 0.753 e. The predicted molar refractivity (Wildman–Crippen MR) is 146 cm³/mol. The molecule has 3 aliphatic heterocycles. The second kappa shape index (κ2) is 10.5. The monoisotopic (exact) mass is 518 g/mol. The minimum Gasteiger partial charge on any atom is -0.452 e. The molecule has 0 amide bonds. The van der Waals surface area contributed by atoms with Crippen molar-refractivity contribution in [2.45, 2.75) is 46.3 Å². The van der Waals surface area contributed by atoms with Crippen LogP contribution in [-0.2, 0) is 22.5 Å². The Balaban J connectivity index is 1.65. The van der Waals surface area contributed by atoms with Gasteiger partial charge < -0.3 is 17.7 Å². The molecule has 2 atom stereocenters. The van der Waals surface area contributed by atoms with E-state index in [4.69, 9.17) is 17.7 Å². The van der Waals surface area contributed by atoms with Crippen molar-refractivity contribution in [1.29, 1.82) is 0 Å². The van der Waals surface area contributed by atoms with Gasteiger partial charge in [0.15, 0.2) is 0 Å². The zero-order valence-corrected chi connectivity index (χ0v) is 23.1. The van der Waals surface area contributed by atoms with Gasteiger partial charge in [0, 0.05) is 6.42 Å². The van der Waals surface area contributed by atoms with Crippen molar-refractivity contribution in [3.05, 3.63) is 101 Å². The van der Waals surface area contributed by atoms with Crippen LogP contribution in [0.15, 0.2) is 72.8 Å². The average molecular weight is 519 g/mol. The summed E-state index contributed by atoms with van der Waals surface area (Å²) in [6.45, 7) is 10.5. The zero-order chi connectivity index (χ0) is 26.0. The van der Waals surface area contributed by atoms with Gasteiger partial charge in [0.25, 0.3) is 5.97 Å². The fourth-order valence-electron chi connectivity index (χ4n) is 5.16. The lowest BCUT2D eigenvalue weighted by atomic mass is 10.0. The fraction of sp³-hybridized carbons (Fsp3) is 0.367. The molecule has 37 heavy (non-hydrogen) atoms. The first-order chi connectivity index (χ1) is 17.8. The molecule has 3 heterocycles. The van der Waals surface area contributed by atoms with Gasteiger partial charge in [-0.05, 0) is 44.0 Å². The van der Waals surface area contributed by atoms with Gasteiger partial charge in [-0.2, -0.15) is 0 Å². The highest BCUT2D eigenvalue weighted by atomic mass is 28.4. The lowest BCUT2D eigenvalue weighted by molar-refractivity contribution is -0.156. The first-order valence-electron chi connectivity index (χ1n) is 13.1. The van der Waals surface area contributed by atoms with Gasteiger partial charge in [0.2, 0.25) is 0 Å². The molecule has 0 saturated carbocycles. The normalized spacial score (nSPS) is 27.7. The maximum absolute atomic E-state index is 12.6. The van der Waals surface area contributed by atoms with E-state index in [0.29, 0.717) is 24.2 Å². The summed E-state index contributed by atoms with van der Waals surface area (Å²) in [5.41, 5.74) is 6.80. The molecule has 3 aliphatic rings. The van der Waals surface area contributed by atoms with Gasteiger partial charge in [0.1, 0.15) is 37.5 Å². The molecule has 3 aromatic rings. The molecular weight excluding hydrogens is 482 g/mol. The third-order valence-corrected chi connectivity index (χ3v) is 9.59. The van der Waals surface area contributed by atoms with Crippen LogP contribution in [-0.4, -0.2) is 41.3 Å². The van der Waals surface area contributed by atoms with Crippen LogP contribution in [0, 0.1) is 20.8 Å². The van der Waals surface area contributed by atoms with Crippen LogP contribution in [0.2, 0.25) is 0 Å². The Morgan fingerprint density at radius 3 is 1.73 bits per heavy atom. The molecule has 0 spiro atoms. The summed E-state index contributed by atoms with van der Waals surface area (Å²) in [7, 11) is -3.83. The molecule has 0 aliphatic carbocycles. The van der Waals surface area contributed by atoms with Crippen molar-refractivity contribution < 1.29 is 22.5 Å². The smallest absolute Gasteiger partial charge is 0.452 e. The van der Waals surface area contributed by atoms with Gasteiger partial charge in [-0.15, -0.1) is 0 Å². The standard InChI is InChI=1S/C30H36NO5Si/c1-5-30(32)36-37-33-19-18-31(27-16-10-24(4)11-17-27,20-28(34-37)25-12-6-22(2)7-13-25)21-29(35-37)26-14-8-23(3)9-15-26/h6-17,28-29H,5,18-21H2,1-4H3/q+1. The Morgan fingerprint density at radius 2 is 1.27 bits per heavy atom. The van der Waals surface area contributed by atoms with Crippen LogP contribution in [0.25, 0.3) is 0 Å². The number of nitrogens with zero attached hydrogens (tertiary/aromatic N) is 1. The lowest BCUT2D eigenvalue weighted by Gasteiger charge is -2.49. The minimum atomic E-state index is -3.83. The summed E-state index contributed by atoms with van der Waals surface area (Å²) < 4.78 is 26.4. The molecule has 3 saturated heterocycles. The average Bonchev–Trinajstić information content (AvgIpc) is 2.86. The van der Waals surface area contributed by atoms with Crippen LogP contribution >= 0.6 is 0 Å². The SMILES string of the molecule is CCC(=O)O[Si]12OCC[N+](c3ccc(C)cc3)(CC(c3ccc(C)cc3)O1)CC(c1ccc(C)cc1)O2. The van der Waals surface area contributed by atoms with E-state index < -0.39 is 9.05 Å². The molecule has 7 heteroatoms. The van der Waals surface area contributed by atoms with Crippen molar-refractivity contribution in [3.63, 3.8) is 0 Å². The summed E-state index contributed by atoms with van der Waals surface area (Å²) >= 11 is 0. The highest BCUT2D eigenvalue weighted by molar-refractivity contribution is 6.55. The largest absolute Gasteiger partial charge is 0.753 e. The number of aryl methyl sites for hydroxylation is 3. The summed E-state index contributed by atoms with van der Waals surface area (Å²) in [6.07, 6.45) is -0.506. The topological polar surface area (TPSA) is 54.0 Å². The van der Waals surface area contributed by atoms with E-state index in [0.717, 1.165) is 17.7 Å². The van der Waals surface area contributed by atoms with Gasteiger partial charge in [0.05, 0.1) is 6.61 Å². The highest BCUT2D eigenvalue weighted by Gasteiger charge is 2.60. The Labute approximate surface area is 220 Å². The number of hydrogen-bond acceptors (Lipinski definition) is 5. The highest BCUT2D eigenvalue weighted by Crippen LogP contribution is 2.41. The van der Waals surface area contributed by atoms with Gasteiger partial charge in [-0.3, -0.25) is 9.28 Å². The minimum absolute atomic E-state index is 0.221. The summed E-state index contributed by atoms with van der Waals surface area (Å²) in [5, 5.41) is 0. The fourth-order valence-corrected chi connectivity index (χ4v) is 7.38. The molecule has 2 unspecified atom stereocenters. The number of hydrogen-bond donors (Lipinski definition) is 0. The molecule has 0 N–H and O–H groups in total. The lowest BCUT2D eigenvalue weighted by Crippen LogP contribution is -2.66. The van der Waals surface area contributed by atoms with Crippen molar-refractivity contribution in [2.75, 3.05) is 26.2 Å². The van der Waals surface area contributed by atoms with Crippen LogP contribution < -0.4 is 4.48 Å². The zero-order valence-electron chi connectivity index (χ0n) is 22.1. The molecule has 3 fully saturated rings. The first-order valence-corrected chi connectivity index (χ1v) is 14.7. The molecule has 6 rings (SSSR count). The van der Waals surface area contributed by atoms with Crippen LogP contribution in [0.1, 0.15) is 53.4 Å². The van der Waals surface area contributed by atoms with E-state index in [1.54, 1.807) is 6.92 Å². The van der Waals surface area contributed by atoms with Crippen LogP contribution in [0.5, 0.6) is 0 Å². The third-order valence-electron chi connectivity index (χ3n) is 7.41.